The molecule has 1 aromatic heterocycles. The predicted molar refractivity (Wildman–Crippen MR) is 79.7 cm³/mol. The zero-order valence-electron chi connectivity index (χ0n) is 11.6. The summed E-state index contributed by atoms with van der Waals surface area (Å²) in [6.45, 7) is 1.46. The number of imidazole rings is 1. The normalized spacial score (nSPS) is 18.4. The molecule has 5 nitrogen and oxygen atoms in total. The summed E-state index contributed by atoms with van der Waals surface area (Å²) in [5.41, 5.74) is 1.68. The van der Waals surface area contributed by atoms with Gasteiger partial charge in [0, 0.05) is 13.0 Å². The SMILES string of the molecule is O=C(O)CCc1nc2cccc(Cl)c2n1C[C@H]1CCCO1. The van der Waals surface area contributed by atoms with Crippen molar-refractivity contribution in [2.45, 2.75) is 38.3 Å². The molecule has 1 fully saturated rings. The van der Waals surface area contributed by atoms with E-state index in [-0.39, 0.29) is 12.5 Å². The highest BCUT2D eigenvalue weighted by molar-refractivity contribution is 6.35. The number of aromatic nitrogens is 2. The molecule has 0 spiro atoms. The van der Waals surface area contributed by atoms with Gasteiger partial charge in [0.05, 0.1) is 35.1 Å². The molecule has 0 saturated carbocycles. The third-order valence-corrected chi connectivity index (χ3v) is 4.07. The van der Waals surface area contributed by atoms with E-state index >= 15 is 0 Å². The number of aryl methyl sites for hydroxylation is 1. The highest BCUT2D eigenvalue weighted by Crippen LogP contribution is 2.27. The Morgan fingerprint density at radius 1 is 1.52 bits per heavy atom. The standard InChI is InChI=1S/C15H17ClN2O3/c16-11-4-1-5-12-15(11)18(9-10-3-2-8-21-10)13(17-12)6-7-14(19)20/h1,4-5,10H,2-3,6-9H2,(H,19,20)/t10-/m1/s1. The van der Waals surface area contributed by atoms with Gasteiger partial charge in [-0.2, -0.15) is 0 Å². The summed E-state index contributed by atoms with van der Waals surface area (Å²) in [5.74, 6) is -0.0622. The van der Waals surface area contributed by atoms with Crippen molar-refractivity contribution in [3.63, 3.8) is 0 Å². The van der Waals surface area contributed by atoms with Crippen LogP contribution in [0.1, 0.15) is 25.1 Å². The van der Waals surface area contributed by atoms with Crippen LogP contribution in [0, 0.1) is 0 Å². The lowest BCUT2D eigenvalue weighted by Gasteiger charge is -2.14. The molecule has 21 heavy (non-hydrogen) atoms. The summed E-state index contributed by atoms with van der Waals surface area (Å²) in [5, 5.41) is 9.53. The molecule has 2 aromatic rings. The van der Waals surface area contributed by atoms with Crippen molar-refractivity contribution in [2.75, 3.05) is 6.61 Å². The average Bonchev–Trinajstić information content (AvgIpc) is 3.06. The summed E-state index contributed by atoms with van der Waals surface area (Å²) < 4.78 is 7.71. The number of carboxylic acid groups (broad SMARTS) is 1. The lowest BCUT2D eigenvalue weighted by atomic mass is 10.2. The fourth-order valence-corrected chi connectivity index (χ4v) is 3.06. The lowest BCUT2D eigenvalue weighted by Crippen LogP contribution is -2.17. The van der Waals surface area contributed by atoms with E-state index in [1.165, 1.54) is 0 Å². The van der Waals surface area contributed by atoms with Gasteiger partial charge in [0.2, 0.25) is 0 Å². The molecular weight excluding hydrogens is 292 g/mol. The third kappa shape index (κ3) is 3.04. The molecule has 3 rings (SSSR count). The van der Waals surface area contributed by atoms with E-state index in [2.05, 4.69) is 4.98 Å². The summed E-state index contributed by atoms with van der Waals surface area (Å²) in [4.78, 5) is 15.4. The van der Waals surface area contributed by atoms with Gasteiger partial charge in [-0.3, -0.25) is 4.79 Å². The minimum Gasteiger partial charge on any atom is -0.481 e. The van der Waals surface area contributed by atoms with Gasteiger partial charge in [-0.15, -0.1) is 0 Å². The Balaban J connectivity index is 1.98. The molecule has 0 aliphatic carbocycles. The van der Waals surface area contributed by atoms with Gasteiger partial charge in [-0.25, -0.2) is 4.98 Å². The van der Waals surface area contributed by atoms with Crippen molar-refractivity contribution in [3.8, 4) is 0 Å². The Hall–Kier alpha value is -1.59. The van der Waals surface area contributed by atoms with E-state index in [0.29, 0.717) is 18.0 Å². The number of hydrogen-bond donors (Lipinski definition) is 1. The highest BCUT2D eigenvalue weighted by Gasteiger charge is 2.21. The van der Waals surface area contributed by atoms with Crippen LogP contribution in [0.25, 0.3) is 11.0 Å². The maximum atomic E-state index is 10.8. The molecule has 1 N–H and O–H groups in total. The third-order valence-electron chi connectivity index (χ3n) is 3.77. The fraction of sp³-hybridized carbons (Fsp3) is 0.467. The van der Waals surface area contributed by atoms with Crippen molar-refractivity contribution in [3.05, 3.63) is 29.0 Å². The van der Waals surface area contributed by atoms with Crippen molar-refractivity contribution in [1.82, 2.24) is 9.55 Å². The molecular formula is C15H17ClN2O3. The van der Waals surface area contributed by atoms with Crippen LogP contribution in [-0.2, 0) is 22.5 Å². The summed E-state index contributed by atoms with van der Waals surface area (Å²) in [6.07, 6.45) is 2.69. The molecule has 6 heteroatoms. The van der Waals surface area contributed by atoms with E-state index in [4.69, 9.17) is 21.4 Å². The number of para-hydroxylation sites is 1. The van der Waals surface area contributed by atoms with Crippen LogP contribution in [-0.4, -0.2) is 33.3 Å². The van der Waals surface area contributed by atoms with Crippen LogP contribution in [0.2, 0.25) is 5.02 Å². The maximum Gasteiger partial charge on any atom is 0.303 e. The number of fused-ring (bicyclic) bond motifs is 1. The number of nitrogens with zero attached hydrogens (tertiary/aromatic N) is 2. The molecule has 1 saturated heterocycles. The van der Waals surface area contributed by atoms with E-state index in [0.717, 1.165) is 36.3 Å². The van der Waals surface area contributed by atoms with Gasteiger partial charge in [0.25, 0.3) is 0 Å². The van der Waals surface area contributed by atoms with Crippen LogP contribution in [0.4, 0.5) is 0 Å². The number of benzene rings is 1. The minimum absolute atomic E-state index is 0.0620. The molecule has 112 valence electrons. The maximum absolute atomic E-state index is 10.8. The highest BCUT2D eigenvalue weighted by atomic mass is 35.5. The van der Waals surface area contributed by atoms with Gasteiger partial charge < -0.3 is 14.4 Å². The first kappa shape index (κ1) is 14.4. The van der Waals surface area contributed by atoms with Crippen LogP contribution in [0.5, 0.6) is 0 Å². The predicted octanol–water partition coefficient (Wildman–Crippen LogP) is 2.89. The number of halogens is 1. The first-order valence-electron chi connectivity index (χ1n) is 7.12. The molecule has 0 radical (unpaired) electrons. The molecule has 0 unspecified atom stereocenters. The molecule has 0 bridgehead atoms. The summed E-state index contributed by atoms with van der Waals surface area (Å²) in [7, 11) is 0. The second kappa shape index (κ2) is 6.03. The van der Waals surface area contributed by atoms with Crippen LogP contribution < -0.4 is 0 Å². The van der Waals surface area contributed by atoms with Crippen LogP contribution in [0.15, 0.2) is 18.2 Å². The van der Waals surface area contributed by atoms with Crippen molar-refractivity contribution in [1.29, 1.82) is 0 Å². The smallest absolute Gasteiger partial charge is 0.303 e. The Bertz CT molecular complexity index is 662. The number of ether oxygens (including phenoxy) is 1. The Kier molecular flexibility index (Phi) is 4.12. The Morgan fingerprint density at radius 2 is 2.38 bits per heavy atom. The van der Waals surface area contributed by atoms with Gasteiger partial charge in [0.1, 0.15) is 5.82 Å². The van der Waals surface area contributed by atoms with Gasteiger partial charge in [0.15, 0.2) is 0 Å². The molecule has 1 aromatic carbocycles. The second-order valence-corrected chi connectivity index (χ2v) is 5.68. The molecule has 0 amide bonds. The van der Waals surface area contributed by atoms with Crippen molar-refractivity contribution < 1.29 is 14.6 Å². The lowest BCUT2D eigenvalue weighted by molar-refractivity contribution is -0.137. The van der Waals surface area contributed by atoms with E-state index in [1.807, 2.05) is 22.8 Å². The number of aliphatic carboxylic acids is 1. The van der Waals surface area contributed by atoms with Gasteiger partial charge in [-0.05, 0) is 25.0 Å². The number of carbonyl (C=O) groups is 1. The summed E-state index contributed by atoms with van der Waals surface area (Å²) in [6, 6.07) is 5.59. The van der Waals surface area contributed by atoms with Crippen LogP contribution >= 0.6 is 11.6 Å². The number of rotatable bonds is 5. The Morgan fingerprint density at radius 3 is 3.10 bits per heavy atom. The molecule has 1 aliphatic rings. The second-order valence-electron chi connectivity index (χ2n) is 5.27. The molecule has 1 aliphatic heterocycles. The average molecular weight is 309 g/mol. The Labute approximate surface area is 127 Å². The first-order chi connectivity index (χ1) is 10.1. The quantitative estimate of drug-likeness (QED) is 0.922. The zero-order valence-corrected chi connectivity index (χ0v) is 12.3. The number of hydrogen-bond acceptors (Lipinski definition) is 3. The molecule has 2 heterocycles. The van der Waals surface area contributed by atoms with Crippen LogP contribution in [0.3, 0.4) is 0 Å². The zero-order chi connectivity index (χ0) is 14.8. The van der Waals surface area contributed by atoms with Gasteiger partial charge >= 0.3 is 5.97 Å². The van der Waals surface area contributed by atoms with Crippen molar-refractivity contribution in [2.24, 2.45) is 0 Å². The van der Waals surface area contributed by atoms with E-state index < -0.39 is 5.97 Å². The summed E-state index contributed by atoms with van der Waals surface area (Å²) >= 11 is 6.31. The largest absolute Gasteiger partial charge is 0.481 e. The molecule has 1 atom stereocenters. The number of carboxylic acids is 1. The fourth-order valence-electron chi connectivity index (χ4n) is 2.79. The monoisotopic (exact) mass is 308 g/mol. The minimum atomic E-state index is -0.822. The van der Waals surface area contributed by atoms with E-state index in [1.54, 1.807) is 0 Å². The topological polar surface area (TPSA) is 64.3 Å². The first-order valence-corrected chi connectivity index (χ1v) is 7.50. The van der Waals surface area contributed by atoms with Crippen molar-refractivity contribution >= 4 is 28.6 Å². The van der Waals surface area contributed by atoms with E-state index in [9.17, 15) is 4.79 Å². The van der Waals surface area contributed by atoms with Gasteiger partial charge in [-0.1, -0.05) is 17.7 Å².